The third-order valence-corrected chi connectivity index (χ3v) is 3.57. The van der Waals surface area contributed by atoms with Crippen molar-refractivity contribution < 1.29 is 15.0 Å². The fourth-order valence-electron chi connectivity index (χ4n) is 1.77. The van der Waals surface area contributed by atoms with E-state index >= 15 is 0 Å². The second-order valence-electron chi connectivity index (χ2n) is 4.94. The van der Waals surface area contributed by atoms with E-state index in [0.29, 0.717) is 0 Å². The smallest absolute Gasteiger partial charge is 0.300 e. The molecule has 0 saturated heterocycles. The Morgan fingerprint density at radius 3 is 1.74 bits per heavy atom. The summed E-state index contributed by atoms with van der Waals surface area (Å²) in [5.41, 5.74) is 0. The zero-order chi connectivity index (χ0) is 14.9. The van der Waals surface area contributed by atoms with E-state index in [-0.39, 0.29) is 6.10 Å². The maximum absolute atomic E-state index is 9.31. The van der Waals surface area contributed by atoms with E-state index in [1.54, 1.807) is 0 Å². The van der Waals surface area contributed by atoms with Crippen LogP contribution in [0.5, 0.6) is 0 Å². The van der Waals surface area contributed by atoms with Gasteiger partial charge in [-0.3, -0.25) is 4.79 Å². The highest BCUT2D eigenvalue weighted by molar-refractivity contribution is 9.09. The zero-order valence-corrected chi connectivity index (χ0v) is 14.1. The number of aliphatic hydroxyl groups excluding tert-OH is 1. The van der Waals surface area contributed by atoms with Crippen molar-refractivity contribution in [1.82, 2.24) is 0 Å². The van der Waals surface area contributed by atoms with Gasteiger partial charge in [0.25, 0.3) is 5.97 Å². The molecule has 0 bridgehead atoms. The predicted molar refractivity (Wildman–Crippen MR) is 85.0 cm³/mol. The van der Waals surface area contributed by atoms with Crippen LogP contribution in [0, 0.1) is 0 Å². The minimum Gasteiger partial charge on any atom is -0.481 e. The lowest BCUT2D eigenvalue weighted by Crippen LogP contribution is -2.06. The molecule has 0 spiro atoms. The Hall–Kier alpha value is -0.0900. The maximum atomic E-state index is 9.31. The standard InChI is InChI=1S/C13H27BrO.C2H4O2/c1-2-3-4-5-6-7-8-9-10-11-13(15)12-14;1-2(3)4/h13,15H,2-12H2,1H3;1H3,(H,3,4). The molecular formula is C15H31BrO3. The molecule has 0 aliphatic carbocycles. The third kappa shape index (κ3) is 27.2. The van der Waals surface area contributed by atoms with Crippen LogP contribution in [0.4, 0.5) is 0 Å². The van der Waals surface area contributed by atoms with Gasteiger partial charge in [-0.1, -0.05) is 80.6 Å². The van der Waals surface area contributed by atoms with Gasteiger partial charge >= 0.3 is 0 Å². The van der Waals surface area contributed by atoms with Crippen LogP contribution < -0.4 is 0 Å². The highest BCUT2D eigenvalue weighted by atomic mass is 79.9. The van der Waals surface area contributed by atoms with Crippen molar-refractivity contribution in [2.45, 2.75) is 84.2 Å². The molecule has 2 N–H and O–H groups in total. The number of alkyl halides is 1. The van der Waals surface area contributed by atoms with Crippen molar-refractivity contribution in [3.8, 4) is 0 Å². The fraction of sp³-hybridized carbons (Fsp3) is 0.933. The van der Waals surface area contributed by atoms with Crippen molar-refractivity contribution >= 4 is 21.9 Å². The van der Waals surface area contributed by atoms with E-state index in [1.807, 2.05) is 0 Å². The molecule has 0 amide bonds. The summed E-state index contributed by atoms with van der Waals surface area (Å²) >= 11 is 3.28. The van der Waals surface area contributed by atoms with Gasteiger partial charge in [0, 0.05) is 12.3 Å². The van der Waals surface area contributed by atoms with Crippen molar-refractivity contribution in [1.29, 1.82) is 0 Å². The van der Waals surface area contributed by atoms with Gasteiger partial charge in [0.15, 0.2) is 0 Å². The summed E-state index contributed by atoms with van der Waals surface area (Å²) in [6, 6.07) is 0. The molecule has 0 aromatic carbocycles. The van der Waals surface area contributed by atoms with Gasteiger partial charge in [0.1, 0.15) is 0 Å². The van der Waals surface area contributed by atoms with Gasteiger partial charge in [-0.15, -0.1) is 0 Å². The van der Waals surface area contributed by atoms with Crippen LogP contribution >= 0.6 is 15.9 Å². The van der Waals surface area contributed by atoms with E-state index in [4.69, 9.17) is 9.90 Å². The molecule has 0 aromatic rings. The Morgan fingerprint density at radius 1 is 1.00 bits per heavy atom. The lowest BCUT2D eigenvalue weighted by molar-refractivity contribution is -0.134. The van der Waals surface area contributed by atoms with Crippen LogP contribution in [-0.2, 0) is 4.79 Å². The van der Waals surface area contributed by atoms with E-state index in [2.05, 4.69) is 22.9 Å². The SMILES string of the molecule is CC(=O)O.CCCCCCCCCCCC(O)CBr. The summed E-state index contributed by atoms with van der Waals surface area (Å²) in [6.45, 7) is 3.34. The first-order valence-corrected chi connectivity index (χ1v) is 8.60. The Labute approximate surface area is 126 Å². The molecule has 1 unspecified atom stereocenters. The number of aliphatic hydroxyl groups is 1. The molecule has 4 heteroatoms. The largest absolute Gasteiger partial charge is 0.481 e. The van der Waals surface area contributed by atoms with E-state index < -0.39 is 5.97 Å². The number of hydrogen-bond donors (Lipinski definition) is 2. The lowest BCUT2D eigenvalue weighted by atomic mass is 10.1. The first kappa shape index (κ1) is 21.2. The molecule has 0 radical (unpaired) electrons. The van der Waals surface area contributed by atoms with Gasteiger partial charge in [0.2, 0.25) is 0 Å². The number of carboxylic acid groups (broad SMARTS) is 1. The topological polar surface area (TPSA) is 57.5 Å². The Bertz CT molecular complexity index is 182. The zero-order valence-electron chi connectivity index (χ0n) is 12.5. The molecule has 116 valence electrons. The van der Waals surface area contributed by atoms with Crippen molar-refractivity contribution in [3.05, 3.63) is 0 Å². The molecule has 0 aromatic heterocycles. The van der Waals surface area contributed by atoms with Crippen LogP contribution in [0.3, 0.4) is 0 Å². The van der Waals surface area contributed by atoms with Crippen LogP contribution in [0.25, 0.3) is 0 Å². The summed E-state index contributed by atoms with van der Waals surface area (Å²) in [5, 5.41) is 17.5. The number of rotatable bonds is 11. The normalized spacial score (nSPS) is 11.6. The van der Waals surface area contributed by atoms with Gasteiger partial charge in [-0.25, -0.2) is 0 Å². The molecule has 0 saturated carbocycles. The van der Waals surface area contributed by atoms with Crippen molar-refractivity contribution in [2.24, 2.45) is 0 Å². The molecule has 19 heavy (non-hydrogen) atoms. The van der Waals surface area contributed by atoms with Gasteiger partial charge in [-0.2, -0.15) is 0 Å². The number of hydrogen-bond acceptors (Lipinski definition) is 2. The number of unbranched alkanes of at least 4 members (excludes halogenated alkanes) is 8. The summed E-state index contributed by atoms with van der Waals surface area (Å²) < 4.78 is 0. The second kappa shape index (κ2) is 17.9. The molecule has 0 fully saturated rings. The number of halogens is 1. The first-order chi connectivity index (χ1) is 9.04. The van der Waals surface area contributed by atoms with Gasteiger partial charge in [-0.05, 0) is 6.42 Å². The summed E-state index contributed by atoms with van der Waals surface area (Å²) in [6.07, 6.45) is 13.0. The van der Waals surface area contributed by atoms with E-state index in [9.17, 15) is 5.11 Å². The number of aliphatic carboxylic acids is 1. The van der Waals surface area contributed by atoms with Gasteiger partial charge in [0.05, 0.1) is 6.10 Å². The quantitative estimate of drug-likeness (QED) is 0.422. The molecule has 0 heterocycles. The molecular weight excluding hydrogens is 308 g/mol. The Kier molecular flexibility index (Phi) is 20.0. The molecule has 1 atom stereocenters. The number of carbonyl (C=O) groups is 1. The average Bonchev–Trinajstić information content (AvgIpc) is 2.36. The van der Waals surface area contributed by atoms with Crippen molar-refractivity contribution in [2.75, 3.05) is 5.33 Å². The number of carboxylic acids is 1. The summed E-state index contributed by atoms with van der Waals surface area (Å²) in [7, 11) is 0. The monoisotopic (exact) mass is 338 g/mol. The van der Waals surface area contributed by atoms with Gasteiger partial charge < -0.3 is 10.2 Å². The maximum Gasteiger partial charge on any atom is 0.300 e. The Morgan fingerprint density at radius 2 is 1.37 bits per heavy atom. The van der Waals surface area contributed by atoms with E-state index in [1.165, 1.54) is 57.8 Å². The van der Waals surface area contributed by atoms with Crippen LogP contribution in [0.15, 0.2) is 0 Å². The van der Waals surface area contributed by atoms with Crippen LogP contribution in [0.1, 0.15) is 78.1 Å². The molecule has 3 nitrogen and oxygen atoms in total. The van der Waals surface area contributed by atoms with E-state index in [0.717, 1.165) is 18.7 Å². The summed E-state index contributed by atoms with van der Waals surface area (Å²) in [4.78, 5) is 9.00. The fourth-order valence-corrected chi connectivity index (χ4v) is 2.09. The minimum absolute atomic E-state index is 0.130. The van der Waals surface area contributed by atoms with Crippen LogP contribution in [-0.4, -0.2) is 27.6 Å². The highest BCUT2D eigenvalue weighted by Crippen LogP contribution is 2.11. The average molecular weight is 339 g/mol. The predicted octanol–water partition coefficient (Wildman–Crippen LogP) is 4.75. The molecule has 0 rings (SSSR count). The minimum atomic E-state index is -0.833. The highest BCUT2D eigenvalue weighted by Gasteiger charge is 2.00. The molecule has 0 aliphatic heterocycles. The molecule has 0 aliphatic rings. The van der Waals surface area contributed by atoms with Crippen molar-refractivity contribution in [3.63, 3.8) is 0 Å². The Balaban J connectivity index is 0. The third-order valence-electron chi connectivity index (χ3n) is 2.82. The second-order valence-corrected chi connectivity index (χ2v) is 5.59. The lowest BCUT2D eigenvalue weighted by Gasteiger charge is -2.05. The summed E-state index contributed by atoms with van der Waals surface area (Å²) in [5.74, 6) is -0.833. The first-order valence-electron chi connectivity index (χ1n) is 7.48. The van der Waals surface area contributed by atoms with Crippen LogP contribution in [0.2, 0.25) is 0 Å².